The van der Waals surface area contributed by atoms with Crippen molar-refractivity contribution in [3.05, 3.63) is 52.1 Å². The predicted molar refractivity (Wildman–Crippen MR) is 80.3 cm³/mol. The van der Waals surface area contributed by atoms with Crippen LogP contribution in [0, 0.1) is 0 Å². The highest BCUT2D eigenvalue weighted by Gasteiger charge is 2.03. The number of nitrogens with one attached hydrogen (secondary N) is 2. The number of rotatable bonds is 5. The number of benzene rings is 1. The number of hydrogen-bond donors (Lipinski definition) is 2. The number of aromatic nitrogens is 2. The number of hydrogen-bond acceptors (Lipinski definition) is 3. The van der Waals surface area contributed by atoms with E-state index in [2.05, 4.69) is 46.5 Å². The van der Waals surface area contributed by atoms with Gasteiger partial charge in [-0.2, -0.15) is 0 Å². The SMILES string of the molecule is CCc1cnc(CNCc2cccc3cc[nH]c23)s1. The van der Waals surface area contributed by atoms with Crippen LogP contribution in [0.5, 0.6) is 0 Å². The lowest BCUT2D eigenvalue weighted by Crippen LogP contribution is -2.12. The van der Waals surface area contributed by atoms with Crippen molar-refractivity contribution >= 4 is 22.2 Å². The van der Waals surface area contributed by atoms with Crippen LogP contribution < -0.4 is 5.32 Å². The molecule has 0 bridgehead atoms. The van der Waals surface area contributed by atoms with Crippen LogP contribution >= 0.6 is 11.3 Å². The van der Waals surface area contributed by atoms with E-state index in [0.717, 1.165) is 24.5 Å². The van der Waals surface area contributed by atoms with E-state index >= 15 is 0 Å². The van der Waals surface area contributed by atoms with Gasteiger partial charge < -0.3 is 10.3 Å². The van der Waals surface area contributed by atoms with Crippen molar-refractivity contribution in [2.75, 3.05) is 0 Å². The summed E-state index contributed by atoms with van der Waals surface area (Å²) in [6.07, 6.45) is 5.04. The summed E-state index contributed by atoms with van der Waals surface area (Å²) < 4.78 is 0. The number of nitrogens with zero attached hydrogens (tertiary/aromatic N) is 1. The molecule has 1 aromatic carbocycles. The van der Waals surface area contributed by atoms with Crippen molar-refractivity contribution in [2.24, 2.45) is 0 Å². The largest absolute Gasteiger partial charge is 0.361 e. The molecule has 4 heteroatoms. The molecule has 0 spiro atoms. The number of H-pyrrole nitrogens is 1. The van der Waals surface area contributed by atoms with E-state index < -0.39 is 0 Å². The van der Waals surface area contributed by atoms with Gasteiger partial charge in [-0.15, -0.1) is 11.3 Å². The van der Waals surface area contributed by atoms with Gasteiger partial charge in [-0.25, -0.2) is 4.98 Å². The fourth-order valence-electron chi connectivity index (χ4n) is 2.19. The molecule has 3 rings (SSSR count). The first-order valence-electron chi connectivity index (χ1n) is 6.56. The fraction of sp³-hybridized carbons (Fsp3) is 0.267. The Morgan fingerprint density at radius 1 is 1.26 bits per heavy atom. The molecular weight excluding hydrogens is 254 g/mol. The Kier molecular flexibility index (Phi) is 3.62. The summed E-state index contributed by atoms with van der Waals surface area (Å²) in [5.74, 6) is 0. The Balaban J connectivity index is 1.64. The van der Waals surface area contributed by atoms with Crippen molar-refractivity contribution in [3.63, 3.8) is 0 Å². The summed E-state index contributed by atoms with van der Waals surface area (Å²) in [5.41, 5.74) is 2.53. The van der Waals surface area contributed by atoms with Gasteiger partial charge in [0.1, 0.15) is 5.01 Å². The highest BCUT2D eigenvalue weighted by atomic mass is 32.1. The maximum absolute atomic E-state index is 4.42. The average molecular weight is 271 g/mol. The summed E-state index contributed by atoms with van der Waals surface area (Å²) in [4.78, 5) is 9.07. The van der Waals surface area contributed by atoms with Gasteiger partial charge in [0.05, 0.1) is 0 Å². The number of fused-ring (bicyclic) bond motifs is 1. The third-order valence-corrected chi connectivity index (χ3v) is 4.36. The van der Waals surface area contributed by atoms with Crippen molar-refractivity contribution < 1.29 is 0 Å². The molecule has 3 nitrogen and oxygen atoms in total. The Labute approximate surface area is 116 Å². The minimum Gasteiger partial charge on any atom is -0.361 e. The van der Waals surface area contributed by atoms with Crippen LogP contribution in [0.3, 0.4) is 0 Å². The monoisotopic (exact) mass is 271 g/mol. The van der Waals surface area contributed by atoms with Crippen molar-refractivity contribution in [1.82, 2.24) is 15.3 Å². The van der Waals surface area contributed by atoms with E-state index in [1.807, 2.05) is 12.4 Å². The molecule has 2 heterocycles. The minimum absolute atomic E-state index is 0.835. The number of para-hydroxylation sites is 1. The molecule has 0 saturated heterocycles. The molecule has 2 N–H and O–H groups in total. The summed E-state index contributed by atoms with van der Waals surface area (Å²) in [6.45, 7) is 3.86. The maximum atomic E-state index is 4.42. The minimum atomic E-state index is 0.835. The van der Waals surface area contributed by atoms with Gasteiger partial charge in [-0.05, 0) is 23.4 Å². The van der Waals surface area contributed by atoms with Gasteiger partial charge in [-0.1, -0.05) is 25.1 Å². The number of aromatic amines is 1. The second-order valence-corrected chi connectivity index (χ2v) is 5.74. The quantitative estimate of drug-likeness (QED) is 0.746. The molecule has 0 aliphatic carbocycles. The molecule has 0 radical (unpaired) electrons. The van der Waals surface area contributed by atoms with Crippen LogP contribution in [0.25, 0.3) is 10.9 Å². The predicted octanol–water partition coefficient (Wildman–Crippen LogP) is 3.48. The molecule has 19 heavy (non-hydrogen) atoms. The second-order valence-electron chi connectivity index (χ2n) is 4.54. The molecule has 0 unspecified atom stereocenters. The topological polar surface area (TPSA) is 40.7 Å². The van der Waals surface area contributed by atoms with Crippen molar-refractivity contribution in [1.29, 1.82) is 0 Å². The lowest BCUT2D eigenvalue weighted by Gasteiger charge is -2.04. The lowest BCUT2D eigenvalue weighted by molar-refractivity contribution is 0.692. The van der Waals surface area contributed by atoms with E-state index in [4.69, 9.17) is 0 Å². The van der Waals surface area contributed by atoms with E-state index in [-0.39, 0.29) is 0 Å². The highest BCUT2D eigenvalue weighted by molar-refractivity contribution is 7.11. The molecule has 3 aromatic rings. The van der Waals surface area contributed by atoms with Gasteiger partial charge >= 0.3 is 0 Å². The molecule has 2 aromatic heterocycles. The van der Waals surface area contributed by atoms with Crippen LogP contribution in [0.1, 0.15) is 22.4 Å². The summed E-state index contributed by atoms with van der Waals surface area (Å²) in [5, 5.41) is 5.89. The smallest absolute Gasteiger partial charge is 0.107 e. The summed E-state index contributed by atoms with van der Waals surface area (Å²) in [6, 6.07) is 8.49. The third kappa shape index (κ3) is 2.69. The number of aryl methyl sites for hydroxylation is 1. The van der Waals surface area contributed by atoms with E-state index in [1.165, 1.54) is 21.3 Å². The van der Waals surface area contributed by atoms with Gasteiger partial charge in [0.2, 0.25) is 0 Å². The Hall–Kier alpha value is -1.65. The second kappa shape index (κ2) is 5.55. The zero-order chi connectivity index (χ0) is 13.1. The van der Waals surface area contributed by atoms with E-state index in [1.54, 1.807) is 11.3 Å². The van der Waals surface area contributed by atoms with Crippen LogP contribution in [-0.2, 0) is 19.5 Å². The number of thiazole rings is 1. The van der Waals surface area contributed by atoms with Gasteiger partial charge in [0, 0.05) is 35.9 Å². The van der Waals surface area contributed by atoms with Crippen molar-refractivity contribution in [3.8, 4) is 0 Å². The Morgan fingerprint density at radius 2 is 2.21 bits per heavy atom. The zero-order valence-electron chi connectivity index (χ0n) is 10.9. The first-order chi connectivity index (χ1) is 9.36. The summed E-state index contributed by atoms with van der Waals surface area (Å²) >= 11 is 1.79. The molecule has 0 atom stereocenters. The van der Waals surface area contributed by atoms with Gasteiger partial charge in [0.15, 0.2) is 0 Å². The average Bonchev–Trinajstić information content (AvgIpc) is 3.07. The lowest BCUT2D eigenvalue weighted by atomic mass is 10.1. The molecule has 0 fully saturated rings. The van der Waals surface area contributed by atoms with Gasteiger partial charge in [-0.3, -0.25) is 0 Å². The third-order valence-electron chi connectivity index (χ3n) is 3.22. The fourth-order valence-corrected chi connectivity index (χ4v) is 3.03. The van der Waals surface area contributed by atoms with Crippen LogP contribution in [-0.4, -0.2) is 9.97 Å². The van der Waals surface area contributed by atoms with E-state index in [0.29, 0.717) is 0 Å². The van der Waals surface area contributed by atoms with Crippen LogP contribution in [0.15, 0.2) is 36.7 Å². The molecule has 0 saturated carbocycles. The van der Waals surface area contributed by atoms with Crippen LogP contribution in [0.2, 0.25) is 0 Å². The molecule has 0 aliphatic heterocycles. The first-order valence-corrected chi connectivity index (χ1v) is 7.37. The maximum Gasteiger partial charge on any atom is 0.107 e. The highest BCUT2D eigenvalue weighted by Crippen LogP contribution is 2.17. The van der Waals surface area contributed by atoms with Crippen LogP contribution in [0.4, 0.5) is 0 Å². The summed E-state index contributed by atoms with van der Waals surface area (Å²) in [7, 11) is 0. The molecule has 98 valence electrons. The molecule has 0 amide bonds. The molecule has 0 aliphatic rings. The first kappa shape index (κ1) is 12.4. The Bertz CT molecular complexity index is 669. The normalized spacial score (nSPS) is 11.2. The standard InChI is InChI=1S/C15H17N3S/c1-2-13-9-18-14(19-13)10-16-8-12-5-3-4-11-6-7-17-15(11)12/h3-7,9,16-17H,2,8,10H2,1H3. The van der Waals surface area contributed by atoms with Crippen molar-refractivity contribution in [2.45, 2.75) is 26.4 Å². The zero-order valence-corrected chi connectivity index (χ0v) is 11.8. The van der Waals surface area contributed by atoms with E-state index in [9.17, 15) is 0 Å². The van der Waals surface area contributed by atoms with Gasteiger partial charge in [0.25, 0.3) is 0 Å². The molecular formula is C15H17N3S. The Morgan fingerprint density at radius 3 is 3.05 bits per heavy atom.